The lowest BCUT2D eigenvalue weighted by Crippen LogP contribution is -2.07. The molecule has 2 nitrogen and oxygen atoms in total. The third kappa shape index (κ3) is 5.71. The summed E-state index contributed by atoms with van der Waals surface area (Å²) in [7, 11) is 0. The highest BCUT2D eigenvalue weighted by atomic mass is 19.3. The molecule has 1 radical (unpaired) electrons. The molecule has 0 aliphatic heterocycles. The normalized spacial score (nSPS) is 15.0. The van der Waals surface area contributed by atoms with Crippen molar-refractivity contribution in [2.75, 3.05) is 0 Å². The van der Waals surface area contributed by atoms with E-state index in [1.807, 2.05) is 0 Å². The van der Waals surface area contributed by atoms with Crippen LogP contribution in [-0.2, 0) is 9.84 Å². The van der Waals surface area contributed by atoms with Crippen molar-refractivity contribution < 1.29 is 23.0 Å². The first-order chi connectivity index (χ1) is 3.13. The summed E-state index contributed by atoms with van der Waals surface area (Å²) in [6.07, 6.45) is 0. The zero-order chi connectivity index (χ0) is 5.86. The maximum Gasteiger partial charge on any atom is 0.349 e. The minimum Gasteiger partial charge on any atom is -0.262 e. The molecule has 7 heavy (non-hydrogen) atoms. The van der Waals surface area contributed by atoms with E-state index in [-0.39, 0.29) is 0 Å². The second-order valence-corrected chi connectivity index (χ2v) is 0.671. The highest BCUT2D eigenvalue weighted by Gasteiger charge is 2.09. The van der Waals surface area contributed by atoms with Crippen LogP contribution in [0.1, 0.15) is 0 Å². The van der Waals surface area contributed by atoms with Gasteiger partial charge < -0.3 is 0 Å². The molecule has 0 heterocycles. The van der Waals surface area contributed by atoms with Gasteiger partial charge in [-0.25, -0.2) is 0 Å². The molecule has 0 aliphatic rings. The first kappa shape index (κ1) is 6.71. The summed E-state index contributed by atoms with van der Waals surface area (Å²) in [5.41, 5.74) is 0. The van der Waals surface area contributed by atoms with E-state index in [9.17, 15) is 13.2 Å². The first-order valence-electron chi connectivity index (χ1n) is 1.36. The predicted octanol–water partition coefficient (Wildman–Crippen LogP) is 0.909. The van der Waals surface area contributed by atoms with Crippen molar-refractivity contribution in [2.24, 2.45) is 0 Å². The average molecular weight is 115 g/mol. The molecule has 0 N–H and O–H groups in total. The van der Waals surface area contributed by atoms with Gasteiger partial charge in [0.05, 0.1) is 0 Å². The largest absolute Gasteiger partial charge is 0.349 e. The van der Waals surface area contributed by atoms with Gasteiger partial charge in [-0.3, -0.25) is 4.74 Å². The Bertz CT molecular complexity index is 40.2. The number of halogens is 3. The van der Waals surface area contributed by atoms with Crippen LogP contribution < -0.4 is 0 Å². The Morgan fingerprint density at radius 2 is 1.71 bits per heavy atom. The van der Waals surface area contributed by atoms with Gasteiger partial charge in [0, 0.05) is 0 Å². The highest BCUT2D eigenvalue weighted by molar-refractivity contribution is 4.06. The Hall–Kier alpha value is -0.290. The molecule has 0 aromatic heterocycles. The SMILES string of the molecule is [O]C(F)OC(F)F. The van der Waals surface area contributed by atoms with Crippen LogP contribution in [0.15, 0.2) is 0 Å². The fraction of sp³-hybridized carbons (Fsp3) is 1.00. The van der Waals surface area contributed by atoms with Crippen LogP contribution in [0.3, 0.4) is 0 Å². The minimum absolute atomic E-state index is 2.69. The number of rotatable bonds is 2. The number of hydrogen-bond donors (Lipinski definition) is 0. The van der Waals surface area contributed by atoms with Crippen LogP contribution in [0, 0.1) is 0 Å². The highest BCUT2D eigenvalue weighted by Crippen LogP contribution is 1.98. The molecule has 0 bridgehead atoms. The van der Waals surface area contributed by atoms with Gasteiger partial charge in [-0.15, -0.1) is 0 Å². The summed E-state index contributed by atoms with van der Waals surface area (Å²) < 4.78 is 34.6. The monoisotopic (exact) mass is 115 g/mol. The van der Waals surface area contributed by atoms with Crippen LogP contribution in [0.5, 0.6) is 0 Å². The molecule has 0 aromatic rings. The van der Waals surface area contributed by atoms with E-state index in [1.54, 1.807) is 0 Å². The zero-order valence-corrected chi connectivity index (χ0v) is 3.11. The van der Waals surface area contributed by atoms with Crippen LogP contribution in [-0.4, -0.2) is 13.2 Å². The Morgan fingerprint density at radius 3 is 1.71 bits per heavy atom. The number of hydrogen-bond acceptors (Lipinski definition) is 1. The summed E-state index contributed by atoms with van der Waals surface area (Å²) in [5, 5.41) is 8.97. The first-order valence-corrected chi connectivity index (χ1v) is 1.36. The lowest BCUT2D eigenvalue weighted by Gasteiger charge is -1.96. The van der Waals surface area contributed by atoms with Crippen molar-refractivity contribution in [1.29, 1.82) is 0 Å². The molecular weight excluding hydrogens is 113 g/mol. The van der Waals surface area contributed by atoms with E-state index < -0.39 is 13.2 Å². The Kier molecular flexibility index (Phi) is 2.70. The van der Waals surface area contributed by atoms with E-state index in [4.69, 9.17) is 5.11 Å². The van der Waals surface area contributed by atoms with Gasteiger partial charge in [-0.2, -0.15) is 18.3 Å². The summed E-state index contributed by atoms with van der Waals surface area (Å²) >= 11 is 0. The summed E-state index contributed by atoms with van der Waals surface area (Å²) in [6, 6.07) is 0. The number of ether oxygens (including phenoxy) is 1. The molecule has 0 aliphatic carbocycles. The molecule has 0 spiro atoms. The Morgan fingerprint density at radius 1 is 1.29 bits per heavy atom. The zero-order valence-electron chi connectivity index (χ0n) is 3.11. The van der Waals surface area contributed by atoms with E-state index >= 15 is 0 Å². The van der Waals surface area contributed by atoms with Crippen molar-refractivity contribution in [1.82, 2.24) is 0 Å². The average Bonchev–Trinajstić information content (AvgIpc) is 1.27. The Labute approximate surface area is 37.5 Å². The van der Waals surface area contributed by atoms with E-state index in [2.05, 4.69) is 4.74 Å². The van der Waals surface area contributed by atoms with Crippen LogP contribution in [0.4, 0.5) is 13.2 Å². The van der Waals surface area contributed by atoms with Gasteiger partial charge in [0.1, 0.15) is 0 Å². The van der Waals surface area contributed by atoms with Crippen LogP contribution >= 0.6 is 0 Å². The van der Waals surface area contributed by atoms with Crippen molar-refractivity contribution in [3.8, 4) is 0 Å². The standard InChI is InChI=1S/C2H2F3O2/c3-1(4)7-2(5)6/h1-2H. The van der Waals surface area contributed by atoms with Gasteiger partial charge in [-0.05, 0) is 0 Å². The van der Waals surface area contributed by atoms with Gasteiger partial charge in [-0.1, -0.05) is 0 Å². The maximum absolute atomic E-state index is 10.7. The van der Waals surface area contributed by atoms with Gasteiger partial charge in [0.15, 0.2) is 0 Å². The maximum atomic E-state index is 10.7. The fourth-order valence-corrected chi connectivity index (χ4v) is 0.0809. The molecule has 1 unspecified atom stereocenters. The summed E-state index contributed by atoms with van der Waals surface area (Å²) in [5.74, 6) is 0. The predicted molar refractivity (Wildman–Crippen MR) is 12.7 cm³/mol. The third-order valence-electron chi connectivity index (χ3n) is 0.210. The number of alkyl halides is 3. The topological polar surface area (TPSA) is 29.1 Å². The second kappa shape index (κ2) is 2.81. The van der Waals surface area contributed by atoms with E-state index in [0.29, 0.717) is 0 Å². The van der Waals surface area contributed by atoms with Crippen molar-refractivity contribution in [2.45, 2.75) is 13.2 Å². The van der Waals surface area contributed by atoms with Gasteiger partial charge >= 0.3 is 13.2 Å². The van der Waals surface area contributed by atoms with E-state index in [0.717, 1.165) is 0 Å². The third-order valence-corrected chi connectivity index (χ3v) is 0.210. The molecular formula is C2H2F3O2. The lowest BCUT2D eigenvalue weighted by molar-refractivity contribution is -0.298. The molecule has 5 heteroatoms. The molecule has 0 rings (SSSR count). The summed E-state index contributed by atoms with van der Waals surface area (Å²) in [6.45, 7) is -6.44. The van der Waals surface area contributed by atoms with Crippen molar-refractivity contribution in [3.63, 3.8) is 0 Å². The quantitative estimate of drug-likeness (QED) is 0.491. The second-order valence-electron chi connectivity index (χ2n) is 0.671. The van der Waals surface area contributed by atoms with E-state index in [1.165, 1.54) is 0 Å². The molecule has 0 aromatic carbocycles. The Balaban J connectivity index is 2.95. The molecule has 0 fully saturated rings. The fourth-order valence-electron chi connectivity index (χ4n) is 0.0809. The molecule has 43 valence electrons. The molecule has 0 saturated carbocycles. The minimum atomic E-state index is -3.31. The molecule has 0 amide bonds. The van der Waals surface area contributed by atoms with Crippen LogP contribution in [0.25, 0.3) is 0 Å². The molecule has 1 atom stereocenters. The molecule has 0 saturated heterocycles. The van der Waals surface area contributed by atoms with Crippen molar-refractivity contribution >= 4 is 0 Å². The van der Waals surface area contributed by atoms with Gasteiger partial charge in [0.2, 0.25) is 0 Å². The lowest BCUT2D eigenvalue weighted by atomic mass is 11.3. The smallest absolute Gasteiger partial charge is 0.262 e. The summed E-state index contributed by atoms with van der Waals surface area (Å²) in [4.78, 5) is 0. The van der Waals surface area contributed by atoms with Crippen molar-refractivity contribution in [3.05, 3.63) is 0 Å². The van der Waals surface area contributed by atoms with Crippen LogP contribution in [0.2, 0.25) is 0 Å². The van der Waals surface area contributed by atoms with Gasteiger partial charge in [0.25, 0.3) is 0 Å².